The van der Waals surface area contributed by atoms with Gasteiger partial charge >= 0.3 is 5.97 Å². The van der Waals surface area contributed by atoms with E-state index in [0.717, 1.165) is 11.5 Å². The van der Waals surface area contributed by atoms with Crippen LogP contribution in [0.1, 0.15) is 29.9 Å². The van der Waals surface area contributed by atoms with E-state index in [9.17, 15) is 9.59 Å². The van der Waals surface area contributed by atoms with Crippen LogP contribution in [0.4, 0.5) is 5.00 Å². The summed E-state index contributed by atoms with van der Waals surface area (Å²) in [5.41, 5.74) is 4.68. The molecule has 0 saturated carbocycles. The first kappa shape index (κ1) is 12.4. The summed E-state index contributed by atoms with van der Waals surface area (Å²) in [4.78, 5) is 22.1. The van der Waals surface area contributed by atoms with Crippen molar-refractivity contribution >= 4 is 28.4 Å². The summed E-state index contributed by atoms with van der Waals surface area (Å²) in [5, 5.41) is 12.1. The summed E-state index contributed by atoms with van der Waals surface area (Å²) in [6.07, 6.45) is 0. The molecule has 16 heavy (non-hydrogen) atoms. The van der Waals surface area contributed by atoms with Gasteiger partial charge in [-0.3, -0.25) is 4.79 Å². The smallest absolute Gasteiger partial charge is 0.340 e. The number of nitrogens with two attached hydrogens (primary N) is 1. The van der Waals surface area contributed by atoms with Crippen molar-refractivity contribution in [2.45, 2.75) is 26.3 Å². The zero-order chi connectivity index (χ0) is 12.5. The molecule has 0 saturated heterocycles. The Morgan fingerprint density at radius 1 is 1.50 bits per heavy atom. The maximum Gasteiger partial charge on any atom is 0.340 e. The fourth-order valence-electron chi connectivity index (χ4n) is 1.05. The minimum atomic E-state index is -1.07. The number of aromatic nitrogens is 1. The highest BCUT2D eigenvalue weighted by molar-refractivity contribution is 7.10. The predicted molar refractivity (Wildman–Crippen MR) is 60.7 cm³/mol. The molecule has 1 aromatic rings. The first-order valence-electron chi connectivity index (χ1n) is 4.53. The number of carboxylic acids is 1. The third-order valence-electron chi connectivity index (χ3n) is 2.12. The van der Waals surface area contributed by atoms with Crippen molar-refractivity contribution in [2.24, 2.45) is 5.73 Å². The summed E-state index contributed by atoms with van der Waals surface area (Å²) in [7, 11) is 0. The lowest BCUT2D eigenvalue weighted by Gasteiger charge is -2.22. The molecule has 1 rings (SSSR count). The molecule has 1 heterocycles. The van der Waals surface area contributed by atoms with E-state index in [1.165, 1.54) is 0 Å². The number of aryl methyl sites for hydroxylation is 1. The topological polar surface area (TPSA) is 105 Å². The number of nitrogens with one attached hydrogen (secondary N) is 1. The van der Waals surface area contributed by atoms with Crippen LogP contribution in [0.3, 0.4) is 0 Å². The number of nitrogens with zero attached hydrogens (tertiary/aromatic N) is 1. The summed E-state index contributed by atoms with van der Waals surface area (Å²) in [6, 6.07) is 0. The van der Waals surface area contributed by atoms with E-state index in [0.29, 0.717) is 10.7 Å². The Morgan fingerprint density at radius 2 is 2.06 bits per heavy atom. The fraction of sp³-hybridized carbons (Fsp3) is 0.444. The van der Waals surface area contributed by atoms with Crippen molar-refractivity contribution in [1.82, 2.24) is 4.37 Å². The molecule has 88 valence electrons. The van der Waals surface area contributed by atoms with Gasteiger partial charge in [0.25, 0.3) is 0 Å². The van der Waals surface area contributed by atoms with Crippen molar-refractivity contribution in [3.8, 4) is 0 Å². The Morgan fingerprint density at radius 3 is 2.50 bits per heavy atom. The van der Waals surface area contributed by atoms with Crippen LogP contribution in [0, 0.1) is 6.92 Å². The number of anilines is 1. The molecule has 0 unspecified atom stereocenters. The Labute approximate surface area is 96.6 Å². The molecule has 4 N–H and O–H groups in total. The lowest BCUT2D eigenvalue weighted by molar-refractivity contribution is -0.121. The largest absolute Gasteiger partial charge is 0.478 e. The van der Waals surface area contributed by atoms with Gasteiger partial charge in [0.2, 0.25) is 5.91 Å². The Balaban J connectivity index is 3.07. The summed E-state index contributed by atoms with van der Waals surface area (Å²) in [6.45, 7) is 4.76. The minimum absolute atomic E-state index is 0.0827. The van der Waals surface area contributed by atoms with Crippen LogP contribution in [0.25, 0.3) is 0 Å². The second-order valence-corrected chi connectivity index (χ2v) is 4.66. The van der Waals surface area contributed by atoms with Gasteiger partial charge in [-0.2, -0.15) is 4.37 Å². The van der Waals surface area contributed by atoms with E-state index in [2.05, 4.69) is 9.69 Å². The third kappa shape index (κ3) is 2.30. The monoisotopic (exact) mass is 243 g/mol. The van der Waals surface area contributed by atoms with Gasteiger partial charge in [-0.05, 0) is 32.3 Å². The van der Waals surface area contributed by atoms with E-state index >= 15 is 0 Å². The van der Waals surface area contributed by atoms with Gasteiger partial charge in [0.15, 0.2) is 0 Å². The average Bonchev–Trinajstić information content (AvgIpc) is 2.45. The van der Waals surface area contributed by atoms with Crippen LogP contribution in [0.5, 0.6) is 0 Å². The number of rotatable bonds is 4. The molecule has 0 atom stereocenters. The SMILES string of the molecule is Cc1nsc(NC(C)(C)C(N)=O)c1C(=O)O. The molecule has 1 aromatic heterocycles. The van der Waals surface area contributed by atoms with Gasteiger partial charge in [-0.25, -0.2) is 4.79 Å². The highest BCUT2D eigenvalue weighted by Crippen LogP contribution is 2.27. The minimum Gasteiger partial charge on any atom is -0.478 e. The molecule has 0 aliphatic carbocycles. The zero-order valence-electron chi connectivity index (χ0n) is 9.20. The number of aromatic carboxylic acids is 1. The highest BCUT2D eigenvalue weighted by Gasteiger charge is 2.28. The molecule has 7 heteroatoms. The molecule has 0 aliphatic heterocycles. The normalized spacial score (nSPS) is 11.2. The molecule has 0 bridgehead atoms. The van der Waals surface area contributed by atoms with Crippen LogP contribution in [0.15, 0.2) is 0 Å². The average molecular weight is 243 g/mol. The van der Waals surface area contributed by atoms with Gasteiger partial charge in [-0.1, -0.05) is 0 Å². The van der Waals surface area contributed by atoms with Crippen molar-refractivity contribution in [1.29, 1.82) is 0 Å². The highest BCUT2D eigenvalue weighted by atomic mass is 32.1. The van der Waals surface area contributed by atoms with Gasteiger partial charge in [0.05, 0.1) is 5.69 Å². The quantitative estimate of drug-likeness (QED) is 0.726. The Hall–Kier alpha value is -1.63. The van der Waals surface area contributed by atoms with Gasteiger partial charge in [0, 0.05) is 0 Å². The lowest BCUT2D eigenvalue weighted by Crippen LogP contribution is -2.45. The van der Waals surface area contributed by atoms with E-state index in [1.54, 1.807) is 20.8 Å². The number of hydrogen-bond acceptors (Lipinski definition) is 5. The number of carbonyl (C=O) groups is 2. The van der Waals surface area contributed by atoms with Crippen LogP contribution >= 0.6 is 11.5 Å². The summed E-state index contributed by atoms with van der Waals surface area (Å²) >= 11 is 0.999. The van der Waals surface area contributed by atoms with E-state index in [1.807, 2.05) is 0 Å². The molecule has 0 aromatic carbocycles. The number of amides is 1. The number of hydrogen-bond donors (Lipinski definition) is 3. The number of carboxylic acid groups (broad SMARTS) is 1. The molecule has 0 radical (unpaired) electrons. The van der Waals surface area contributed by atoms with Crippen molar-refractivity contribution in [2.75, 3.05) is 5.32 Å². The molecular formula is C9H13N3O3S. The molecular weight excluding hydrogens is 230 g/mol. The maximum absolute atomic E-state index is 11.1. The zero-order valence-corrected chi connectivity index (χ0v) is 10.0. The number of primary amides is 1. The standard InChI is InChI=1S/C9H13N3O3S/c1-4-5(7(13)14)6(16-12-4)11-9(2,3)8(10)15/h11H,1-3H3,(H2,10,15)(H,13,14). The van der Waals surface area contributed by atoms with Crippen molar-refractivity contribution in [3.63, 3.8) is 0 Å². The first-order valence-corrected chi connectivity index (χ1v) is 5.30. The van der Waals surface area contributed by atoms with E-state index in [4.69, 9.17) is 10.8 Å². The maximum atomic E-state index is 11.1. The third-order valence-corrected chi connectivity index (χ3v) is 2.97. The molecule has 0 fully saturated rings. The van der Waals surface area contributed by atoms with E-state index < -0.39 is 17.4 Å². The molecule has 6 nitrogen and oxygen atoms in total. The van der Waals surface area contributed by atoms with Gasteiger partial charge in [-0.15, -0.1) is 0 Å². The van der Waals surface area contributed by atoms with Crippen LogP contribution in [-0.4, -0.2) is 26.9 Å². The van der Waals surface area contributed by atoms with Crippen molar-refractivity contribution < 1.29 is 14.7 Å². The predicted octanol–water partition coefficient (Wildman–Crippen LogP) is 0.826. The second-order valence-electron chi connectivity index (χ2n) is 3.89. The Bertz CT molecular complexity index is 439. The molecule has 0 aliphatic rings. The lowest BCUT2D eigenvalue weighted by atomic mass is 10.1. The van der Waals surface area contributed by atoms with Gasteiger partial charge < -0.3 is 16.2 Å². The Kier molecular flexibility index (Phi) is 3.18. The van der Waals surface area contributed by atoms with Gasteiger partial charge in [0.1, 0.15) is 16.1 Å². The van der Waals surface area contributed by atoms with Crippen molar-refractivity contribution in [3.05, 3.63) is 11.3 Å². The first-order chi connectivity index (χ1) is 7.25. The van der Waals surface area contributed by atoms with Crippen LogP contribution < -0.4 is 11.1 Å². The number of carbonyl (C=O) groups excluding carboxylic acids is 1. The summed E-state index contributed by atoms with van der Waals surface area (Å²) in [5.74, 6) is -1.64. The summed E-state index contributed by atoms with van der Waals surface area (Å²) < 4.78 is 3.93. The van der Waals surface area contributed by atoms with Crippen LogP contribution in [0.2, 0.25) is 0 Å². The fourth-order valence-corrected chi connectivity index (χ4v) is 2.00. The molecule has 1 amide bonds. The van der Waals surface area contributed by atoms with E-state index in [-0.39, 0.29) is 5.56 Å². The molecule has 0 spiro atoms. The second kappa shape index (κ2) is 4.09. The van der Waals surface area contributed by atoms with Crippen LogP contribution in [-0.2, 0) is 4.79 Å².